The molecule has 2 N–H and O–H groups in total. The molecule has 2 heterocycles. The van der Waals surface area contributed by atoms with Crippen molar-refractivity contribution in [3.05, 3.63) is 110 Å². The van der Waals surface area contributed by atoms with Crippen LogP contribution in [0.2, 0.25) is 0 Å². The third-order valence-electron chi connectivity index (χ3n) is 5.90. The number of aromatic nitrogens is 2. The van der Waals surface area contributed by atoms with Crippen molar-refractivity contribution < 1.29 is 28.8 Å². The maximum absolute atomic E-state index is 12.7. The molecule has 0 aliphatic heterocycles. The zero-order chi connectivity index (χ0) is 28.1. The van der Waals surface area contributed by atoms with E-state index in [4.69, 9.17) is 14.3 Å². The van der Waals surface area contributed by atoms with Crippen molar-refractivity contribution in [2.45, 2.75) is 33.9 Å². The lowest BCUT2D eigenvalue weighted by Crippen LogP contribution is -2.19. The Morgan fingerprint density at radius 3 is 2.51 bits per heavy atom. The summed E-state index contributed by atoms with van der Waals surface area (Å²) < 4.78 is 12.3. The molecule has 12 nitrogen and oxygen atoms in total. The van der Waals surface area contributed by atoms with E-state index in [1.165, 1.54) is 6.07 Å². The van der Waals surface area contributed by atoms with Crippen molar-refractivity contribution in [1.29, 1.82) is 0 Å². The number of carboxylic acid groups (broad SMARTS) is 1. The average molecular weight is 532 g/mol. The maximum atomic E-state index is 12.7. The van der Waals surface area contributed by atoms with Crippen LogP contribution in [0.15, 0.2) is 70.2 Å². The fourth-order valence-electron chi connectivity index (χ4n) is 3.87. The Bertz CT molecular complexity index is 1570. The van der Waals surface area contributed by atoms with Crippen LogP contribution in [0.4, 0.5) is 5.69 Å². The molecule has 0 fully saturated rings. The number of nitrogens with one attached hydrogen (secondary N) is 1. The summed E-state index contributed by atoms with van der Waals surface area (Å²) in [4.78, 5) is 34.4. The predicted octanol–water partition coefficient (Wildman–Crippen LogP) is 4.48. The molecular formula is C27H25N5O7. The Morgan fingerprint density at radius 1 is 1.13 bits per heavy atom. The first-order valence-electron chi connectivity index (χ1n) is 11.8. The number of hydrogen-bond donors (Lipinski definition) is 2. The van der Waals surface area contributed by atoms with Crippen molar-refractivity contribution in [1.82, 2.24) is 15.2 Å². The Hall–Kier alpha value is -5.26. The van der Waals surface area contributed by atoms with Gasteiger partial charge in [-0.2, -0.15) is 10.2 Å². The summed E-state index contributed by atoms with van der Waals surface area (Å²) in [6, 6.07) is 16.8. The number of ether oxygens (including phenoxy) is 1. The summed E-state index contributed by atoms with van der Waals surface area (Å²) in [6.07, 6.45) is 0. The van der Waals surface area contributed by atoms with Crippen LogP contribution in [0.3, 0.4) is 0 Å². The number of amides is 1. The summed E-state index contributed by atoms with van der Waals surface area (Å²) >= 11 is 0. The zero-order valence-corrected chi connectivity index (χ0v) is 21.4. The minimum absolute atomic E-state index is 0.0137. The standard InChI is InChI=1S/C27H25N5O7/c1-16(20-7-9-22(10-8-20)38-15-23-11-12-24(39-23)27(34)35)28-29-26(33)21-6-4-5-19(13-21)14-31-18(3)25(32(36)37)17(2)30-31/h4-13H,14-15H2,1-3H3,(H,29,33)(H,34,35)/b28-16-. The fourth-order valence-corrected chi connectivity index (χ4v) is 3.87. The number of aryl methyl sites for hydroxylation is 1. The smallest absolute Gasteiger partial charge is 0.371 e. The number of aromatic carboxylic acids is 1. The van der Waals surface area contributed by atoms with Crippen molar-refractivity contribution in [3.63, 3.8) is 0 Å². The van der Waals surface area contributed by atoms with Crippen LogP contribution in [0.25, 0.3) is 0 Å². The van der Waals surface area contributed by atoms with E-state index in [1.54, 1.807) is 74.0 Å². The van der Waals surface area contributed by atoms with Gasteiger partial charge in [0.05, 0.1) is 17.2 Å². The summed E-state index contributed by atoms with van der Waals surface area (Å²) in [5.74, 6) is -0.771. The molecule has 2 aromatic carbocycles. The van der Waals surface area contributed by atoms with E-state index < -0.39 is 16.8 Å². The second-order valence-electron chi connectivity index (χ2n) is 8.66. The molecule has 0 radical (unpaired) electrons. The molecule has 0 aliphatic carbocycles. The SMILES string of the molecule is C/C(=N/NC(=O)c1cccc(Cn2nc(C)c([N+](=O)[O-])c2C)c1)c1ccc(OCc2ccc(C(=O)O)o2)cc1. The summed E-state index contributed by atoms with van der Waals surface area (Å²) in [5.41, 5.74) is 5.78. The van der Waals surface area contributed by atoms with Gasteiger partial charge in [-0.3, -0.25) is 19.6 Å². The van der Waals surface area contributed by atoms with E-state index >= 15 is 0 Å². The minimum atomic E-state index is -1.15. The lowest BCUT2D eigenvalue weighted by atomic mass is 10.1. The van der Waals surface area contributed by atoms with Crippen molar-refractivity contribution in [3.8, 4) is 5.75 Å². The lowest BCUT2D eigenvalue weighted by Gasteiger charge is -2.08. The minimum Gasteiger partial charge on any atom is -0.486 e. The van der Waals surface area contributed by atoms with Crippen LogP contribution in [-0.4, -0.2) is 37.4 Å². The molecule has 1 amide bonds. The summed E-state index contributed by atoms with van der Waals surface area (Å²) in [5, 5.41) is 28.6. The van der Waals surface area contributed by atoms with Crippen molar-refractivity contribution in [2.75, 3.05) is 0 Å². The van der Waals surface area contributed by atoms with E-state index in [0.717, 1.165) is 11.1 Å². The first-order chi connectivity index (χ1) is 18.6. The van der Waals surface area contributed by atoms with Gasteiger partial charge >= 0.3 is 11.7 Å². The first kappa shape index (κ1) is 26.8. The highest BCUT2D eigenvalue weighted by atomic mass is 16.6. The number of benzene rings is 2. The van der Waals surface area contributed by atoms with Gasteiger partial charge in [0.2, 0.25) is 5.76 Å². The van der Waals surface area contributed by atoms with E-state index in [9.17, 15) is 19.7 Å². The second-order valence-corrected chi connectivity index (χ2v) is 8.66. The highest BCUT2D eigenvalue weighted by Crippen LogP contribution is 2.23. The van der Waals surface area contributed by atoms with Crippen molar-refractivity contribution >= 4 is 23.3 Å². The van der Waals surface area contributed by atoms with Crippen molar-refractivity contribution in [2.24, 2.45) is 5.10 Å². The number of furan rings is 1. The van der Waals surface area contributed by atoms with Gasteiger partial charge in [-0.1, -0.05) is 12.1 Å². The Morgan fingerprint density at radius 2 is 1.87 bits per heavy atom. The molecule has 0 unspecified atom stereocenters. The lowest BCUT2D eigenvalue weighted by molar-refractivity contribution is -0.386. The topological polar surface area (TPSA) is 162 Å². The normalized spacial score (nSPS) is 11.3. The van der Waals surface area contributed by atoms with Crippen LogP contribution in [0.5, 0.6) is 5.75 Å². The second kappa shape index (κ2) is 11.4. The van der Waals surface area contributed by atoms with Gasteiger partial charge in [0.1, 0.15) is 29.5 Å². The molecule has 0 aliphatic rings. The van der Waals surface area contributed by atoms with Gasteiger partial charge < -0.3 is 14.3 Å². The molecule has 200 valence electrons. The van der Waals surface area contributed by atoms with Gasteiger partial charge in [0.15, 0.2) is 0 Å². The van der Waals surface area contributed by atoms with E-state index in [0.29, 0.717) is 34.2 Å². The van der Waals surface area contributed by atoms with Crippen LogP contribution in [0.1, 0.15) is 56.1 Å². The third kappa shape index (κ3) is 6.36. The van der Waals surface area contributed by atoms with Crippen LogP contribution in [0, 0.1) is 24.0 Å². The molecule has 4 rings (SSSR count). The molecular weight excluding hydrogens is 506 g/mol. The summed E-state index contributed by atoms with van der Waals surface area (Å²) in [6.45, 7) is 5.33. The molecule has 4 aromatic rings. The molecule has 2 aromatic heterocycles. The molecule has 12 heteroatoms. The van der Waals surface area contributed by atoms with E-state index in [2.05, 4.69) is 15.6 Å². The maximum Gasteiger partial charge on any atom is 0.371 e. The Balaban J connectivity index is 1.36. The van der Waals surface area contributed by atoms with Gasteiger partial charge in [0.25, 0.3) is 5.91 Å². The first-order valence-corrected chi connectivity index (χ1v) is 11.8. The Labute approximate surface area is 222 Å². The number of carbonyl (C=O) groups is 2. The number of hydrogen-bond acceptors (Lipinski definition) is 8. The van der Waals surface area contributed by atoms with Crippen LogP contribution in [-0.2, 0) is 13.2 Å². The molecule has 0 atom stereocenters. The fraction of sp³-hybridized carbons (Fsp3) is 0.185. The highest BCUT2D eigenvalue weighted by Gasteiger charge is 2.21. The predicted molar refractivity (Wildman–Crippen MR) is 140 cm³/mol. The van der Waals surface area contributed by atoms with Crippen LogP contribution < -0.4 is 10.2 Å². The summed E-state index contributed by atoms with van der Waals surface area (Å²) in [7, 11) is 0. The van der Waals surface area contributed by atoms with Gasteiger partial charge in [0, 0.05) is 5.56 Å². The van der Waals surface area contributed by atoms with Gasteiger partial charge in [-0.05, 0) is 80.4 Å². The number of hydrazone groups is 1. The largest absolute Gasteiger partial charge is 0.486 e. The number of carboxylic acids is 1. The average Bonchev–Trinajstić information content (AvgIpc) is 3.50. The third-order valence-corrected chi connectivity index (χ3v) is 5.90. The van der Waals surface area contributed by atoms with Gasteiger partial charge in [-0.15, -0.1) is 0 Å². The number of nitro groups is 1. The quantitative estimate of drug-likeness (QED) is 0.172. The molecule has 0 bridgehead atoms. The van der Waals surface area contributed by atoms with Gasteiger partial charge in [-0.25, -0.2) is 10.2 Å². The van der Waals surface area contributed by atoms with E-state index in [1.807, 2.05) is 6.07 Å². The number of carbonyl (C=O) groups excluding carboxylic acids is 1. The molecule has 0 spiro atoms. The monoisotopic (exact) mass is 531 g/mol. The zero-order valence-electron chi connectivity index (χ0n) is 21.4. The van der Waals surface area contributed by atoms with E-state index in [-0.39, 0.29) is 24.6 Å². The van der Waals surface area contributed by atoms with Crippen LogP contribution >= 0.6 is 0 Å². The number of rotatable bonds is 10. The number of nitrogens with zero attached hydrogens (tertiary/aromatic N) is 4. The molecule has 39 heavy (non-hydrogen) atoms. The molecule has 0 saturated carbocycles. The highest BCUT2D eigenvalue weighted by molar-refractivity contribution is 6.01. The molecule has 0 saturated heterocycles. The Kier molecular flexibility index (Phi) is 7.85.